The smallest absolute Gasteiger partial charge is 0.151 e. The monoisotopic (exact) mass is 274 g/mol. The molecule has 1 aromatic carbocycles. The van der Waals surface area contributed by atoms with Crippen molar-refractivity contribution >= 4 is 34.7 Å². The number of hydrogen-bond acceptors (Lipinski definition) is 2. The number of halogens is 4. The van der Waals surface area contributed by atoms with E-state index >= 15 is 0 Å². The minimum Gasteiger partial charge on any atom is -0.337 e. The molecule has 0 fully saturated rings. The van der Waals surface area contributed by atoms with Crippen LogP contribution in [0.2, 0.25) is 10.2 Å². The molecule has 0 radical (unpaired) electrons. The summed E-state index contributed by atoms with van der Waals surface area (Å²) in [4.78, 5) is 3.91. The van der Waals surface area contributed by atoms with Crippen molar-refractivity contribution in [3.63, 3.8) is 0 Å². The van der Waals surface area contributed by atoms with Gasteiger partial charge in [-0.05, 0) is 18.2 Å². The topological polar surface area (TPSA) is 24.9 Å². The van der Waals surface area contributed by atoms with Gasteiger partial charge in [-0.1, -0.05) is 29.3 Å². The van der Waals surface area contributed by atoms with E-state index in [-0.39, 0.29) is 15.9 Å². The summed E-state index contributed by atoms with van der Waals surface area (Å²) < 4.78 is 26.3. The van der Waals surface area contributed by atoms with Gasteiger partial charge >= 0.3 is 0 Å². The number of aromatic nitrogens is 1. The van der Waals surface area contributed by atoms with E-state index in [9.17, 15) is 8.78 Å². The van der Waals surface area contributed by atoms with Gasteiger partial charge in [-0.3, -0.25) is 0 Å². The third-order valence-corrected chi connectivity index (χ3v) is 2.48. The van der Waals surface area contributed by atoms with Crippen LogP contribution >= 0.6 is 23.2 Å². The highest BCUT2D eigenvalue weighted by Gasteiger charge is 2.10. The molecule has 0 spiro atoms. The van der Waals surface area contributed by atoms with Gasteiger partial charge in [-0.25, -0.2) is 13.8 Å². The van der Waals surface area contributed by atoms with Crippen LogP contribution in [0.25, 0.3) is 0 Å². The number of nitrogens with one attached hydrogen (secondary N) is 1. The first-order chi connectivity index (χ1) is 8.06. The van der Waals surface area contributed by atoms with E-state index in [0.29, 0.717) is 5.82 Å². The van der Waals surface area contributed by atoms with E-state index in [4.69, 9.17) is 23.2 Å². The normalized spacial score (nSPS) is 10.4. The largest absolute Gasteiger partial charge is 0.337 e. The maximum atomic E-state index is 13.4. The standard InChI is InChI=1S/C11H6Cl2F2N2/c12-7-4-6(14)5-8(15)11(7)17-10-3-1-2-9(13)16-10/h1-5H,(H,16,17). The Hall–Kier alpha value is -1.39. The van der Waals surface area contributed by atoms with Crippen LogP contribution in [0.1, 0.15) is 0 Å². The zero-order valence-electron chi connectivity index (χ0n) is 8.35. The molecule has 0 aliphatic carbocycles. The van der Waals surface area contributed by atoms with Crippen molar-refractivity contribution < 1.29 is 8.78 Å². The Morgan fingerprint density at radius 3 is 2.53 bits per heavy atom. The number of nitrogens with zero attached hydrogens (tertiary/aromatic N) is 1. The van der Waals surface area contributed by atoms with E-state index in [2.05, 4.69) is 10.3 Å². The van der Waals surface area contributed by atoms with Crippen molar-refractivity contribution in [3.05, 3.63) is 52.1 Å². The van der Waals surface area contributed by atoms with Gasteiger partial charge in [0.05, 0.1) is 10.7 Å². The quantitative estimate of drug-likeness (QED) is 0.821. The molecule has 1 aromatic heterocycles. The lowest BCUT2D eigenvalue weighted by Crippen LogP contribution is -1.98. The van der Waals surface area contributed by atoms with E-state index in [1.54, 1.807) is 18.2 Å². The summed E-state index contributed by atoms with van der Waals surface area (Å²) in [5, 5.41) is 2.83. The molecule has 17 heavy (non-hydrogen) atoms. The van der Waals surface area contributed by atoms with Gasteiger partial charge in [0.15, 0.2) is 5.82 Å². The first-order valence-electron chi connectivity index (χ1n) is 4.60. The molecule has 0 aliphatic heterocycles. The Balaban J connectivity index is 2.36. The highest BCUT2D eigenvalue weighted by Crippen LogP contribution is 2.29. The molecule has 0 unspecified atom stereocenters. The van der Waals surface area contributed by atoms with E-state index in [0.717, 1.165) is 12.1 Å². The molecule has 0 saturated heterocycles. The molecule has 0 atom stereocenters. The molecule has 6 heteroatoms. The van der Waals surface area contributed by atoms with Crippen molar-refractivity contribution in [3.8, 4) is 0 Å². The summed E-state index contributed by atoms with van der Waals surface area (Å²) in [5.41, 5.74) is -0.0390. The molecule has 2 nitrogen and oxygen atoms in total. The summed E-state index contributed by atoms with van der Waals surface area (Å²) >= 11 is 11.4. The van der Waals surface area contributed by atoms with Crippen molar-refractivity contribution in [1.29, 1.82) is 0 Å². The first kappa shape index (κ1) is 12.1. The van der Waals surface area contributed by atoms with E-state index in [1.807, 2.05) is 0 Å². The Morgan fingerprint density at radius 1 is 1.12 bits per heavy atom. The SMILES string of the molecule is Fc1cc(F)c(Nc2cccc(Cl)n2)c(Cl)c1. The first-order valence-corrected chi connectivity index (χ1v) is 5.36. The number of anilines is 2. The average molecular weight is 275 g/mol. The maximum absolute atomic E-state index is 13.4. The number of pyridine rings is 1. The fraction of sp³-hybridized carbons (Fsp3) is 0. The van der Waals surface area contributed by atoms with Gasteiger partial charge in [0.25, 0.3) is 0 Å². The van der Waals surface area contributed by atoms with Gasteiger partial charge in [0, 0.05) is 6.07 Å². The molecule has 2 rings (SSSR count). The van der Waals surface area contributed by atoms with Gasteiger partial charge in [-0.2, -0.15) is 0 Å². The molecular formula is C11H6Cl2F2N2. The van der Waals surface area contributed by atoms with Gasteiger partial charge < -0.3 is 5.32 Å². The number of hydrogen-bond donors (Lipinski definition) is 1. The molecule has 0 bridgehead atoms. The van der Waals surface area contributed by atoms with Crippen LogP contribution in [0.5, 0.6) is 0 Å². The van der Waals surface area contributed by atoms with Crippen LogP contribution in [0.3, 0.4) is 0 Å². The van der Waals surface area contributed by atoms with Gasteiger partial charge in [0.1, 0.15) is 16.8 Å². The van der Waals surface area contributed by atoms with Crippen LogP contribution in [-0.2, 0) is 0 Å². The van der Waals surface area contributed by atoms with Crippen molar-refractivity contribution in [2.45, 2.75) is 0 Å². The molecule has 0 aliphatic rings. The predicted molar refractivity (Wildman–Crippen MR) is 63.9 cm³/mol. The van der Waals surface area contributed by atoms with E-state index in [1.165, 1.54) is 0 Å². The summed E-state index contributed by atoms with van der Waals surface area (Å²) in [7, 11) is 0. The van der Waals surface area contributed by atoms with Crippen LogP contribution in [-0.4, -0.2) is 4.98 Å². The van der Waals surface area contributed by atoms with Crippen molar-refractivity contribution in [2.75, 3.05) is 5.32 Å². The molecule has 0 amide bonds. The molecular weight excluding hydrogens is 269 g/mol. The zero-order chi connectivity index (χ0) is 12.4. The summed E-state index contributed by atoms with van der Waals surface area (Å²) in [6.07, 6.45) is 0. The van der Waals surface area contributed by atoms with Gasteiger partial charge in [0.2, 0.25) is 0 Å². The molecule has 1 heterocycles. The second-order valence-electron chi connectivity index (χ2n) is 3.21. The second-order valence-corrected chi connectivity index (χ2v) is 4.01. The Morgan fingerprint density at radius 2 is 1.88 bits per heavy atom. The minimum atomic E-state index is -0.795. The maximum Gasteiger partial charge on any atom is 0.151 e. The molecule has 0 saturated carbocycles. The van der Waals surface area contributed by atoms with E-state index < -0.39 is 11.6 Å². The van der Waals surface area contributed by atoms with Gasteiger partial charge in [-0.15, -0.1) is 0 Å². The zero-order valence-corrected chi connectivity index (χ0v) is 9.86. The third kappa shape index (κ3) is 2.84. The lowest BCUT2D eigenvalue weighted by atomic mass is 10.3. The second kappa shape index (κ2) is 4.85. The lowest BCUT2D eigenvalue weighted by molar-refractivity contribution is 0.586. The third-order valence-electron chi connectivity index (χ3n) is 1.98. The lowest BCUT2D eigenvalue weighted by Gasteiger charge is -2.09. The summed E-state index contributed by atoms with van der Waals surface area (Å²) in [6.45, 7) is 0. The predicted octanol–water partition coefficient (Wildman–Crippen LogP) is 4.41. The van der Waals surface area contributed by atoms with Crippen LogP contribution in [0.4, 0.5) is 20.3 Å². The Kier molecular flexibility index (Phi) is 3.45. The average Bonchev–Trinajstić information content (AvgIpc) is 2.23. The van der Waals surface area contributed by atoms with Crippen LogP contribution in [0, 0.1) is 11.6 Å². The highest BCUT2D eigenvalue weighted by atomic mass is 35.5. The summed E-state index contributed by atoms with van der Waals surface area (Å²) in [5.74, 6) is -1.21. The van der Waals surface area contributed by atoms with Crippen molar-refractivity contribution in [1.82, 2.24) is 4.98 Å². The summed E-state index contributed by atoms with van der Waals surface area (Å²) in [6, 6.07) is 6.56. The van der Waals surface area contributed by atoms with Crippen molar-refractivity contribution in [2.24, 2.45) is 0 Å². The molecule has 1 N–H and O–H groups in total. The minimum absolute atomic E-state index is 0.0390. The number of benzene rings is 1. The van der Waals surface area contributed by atoms with Crippen LogP contribution < -0.4 is 5.32 Å². The molecule has 2 aromatic rings. The number of rotatable bonds is 2. The Bertz CT molecular complexity index is 538. The van der Waals surface area contributed by atoms with Crippen LogP contribution in [0.15, 0.2) is 30.3 Å². The highest BCUT2D eigenvalue weighted by molar-refractivity contribution is 6.33. The fourth-order valence-corrected chi connectivity index (χ4v) is 1.67. The Labute approximate surface area is 106 Å². The fourth-order valence-electron chi connectivity index (χ4n) is 1.27. The molecule has 88 valence electrons.